The summed E-state index contributed by atoms with van der Waals surface area (Å²) < 4.78 is 43.4. The fourth-order valence-electron chi connectivity index (χ4n) is 1.50. The van der Waals surface area contributed by atoms with E-state index in [2.05, 4.69) is 15.0 Å². The molecule has 1 aromatic rings. The lowest BCUT2D eigenvalue weighted by Crippen LogP contribution is -2.52. The third-order valence-electron chi connectivity index (χ3n) is 2.75. The van der Waals surface area contributed by atoms with Crippen LogP contribution in [-0.2, 0) is 4.74 Å². The second kappa shape index (κ2) is 7.82. The molecule has 0 radical (unpaired) electrons. The van der Waals surface area contributed by atoms with Crippen molar-refractivity contribution in [1.29, 1.82) is 0 Å². The molecule has 0 aromatic carbocycles. The molecule has 0 fully saturated rings. The fourth-order valence-corrected chi connectivity index (χ4v) is 1.50. The number of pyridine rings is 1. The summed E-state index contributed by atoms with van der Waals surface area (Å²) in [6.07, 6.45) is -3.79. The number of aromatic nitrogens is 1. The fraction of sp³-hybridized carbons (Fsp3) is 0.429. The molecule has 1 aromatic heterocycles. The van der Waals surface area contributed by atoms with Gasteiger partial charge < -0.3 is 15.2 Å². The first-order valence-electron chi connectivity index (χ1n) is 6.75. The number of ether oxygens (including phenoxy) is 1. The Balaban J connectivity index is 2.69. The van der Waals surface area contributed by atoms with E-state index in [1.54, 1.807) is 26.0 Å². The molecule has 0 unspecified atom stereocenters. The molecule has 0 spiro atoms. The molecule has 6 nitrogen and oxygen atoms in total. The lowest BCUT2D eigenvalue weighted by molar-refractivity contribution is -0.237. The average Bonchev–Trinajstić information content (AvgIpc) is 2.44. The van der Waals surface area contributed by atoms with Crippen LogP contribution < -0.4 is 10.6 Å². The van der Waals surface area contributed by atoms with Gasteiger partial charge in [-0.15, -0.1) is 0 Å². The van der Waals surface area contributed by atoms with E-state index in [1.165, 1.54) is 6.07 Å². The van der Waals surface area contributed by atoms with Crippen LogP contribution in [0.3, 0.4) is 0 Å². The molecule has 2 amide bonds. The molecular weight excluding hydrogens is 315 g/mol. The first kappa shape index (κ1) is 18.8. The van der Waals surface area contributed by atoms with Crippen LogP contribution in [0.25, 0.3) is 0 Å². The standard InChI is InChI=1S/C14H18F3N3O3/c1-3-23-8-7-13(22,14(15,16)17)9-18-12(21)20-11-6-4-5-10(2)19-11/h4-8,22H,3,9H2,1-2H3,(H2,18,19,20,21)/b8-7+/t13-/m1/s1. The smallest absolute Gasteiger partial charge is 0.422 e. The number of alkyl halides is 3. The van der Waals surface area contributed by atoms with Gasteiger partial charge in [-0.2, -0.15) is 13.2 Å². The van der Waals surface area contributed by atoms with Gasteiger partial charge in [0.1, 0.15) is 5.82 Å². The maximum atomic E-state index is 12.9. The summed E-state index contributed by atoms with van der Waals surface area (Å²) in [5, 5.41) is 13.9. The van der Waals surface area contributed by atoms with Crippen LogP contribution in [0.2, 0.25) is 0 Å². The van der Waals surface area contributed by atoms with Crippen molar-refractivity contribution in [3.05, 3.63) is 36.2 Å². The minimum Gasteiger partial charge on any atom is -0.502 e. The maximum Gasteiger partial charge on any atom is 0.422 e. The molecule has 3 N–H and O–H groups in total. The summed E-state index contributed by atoms with van der Waals surface area (Å²) in [6, 6.07) is 3.90. The zero-order valence-corrected chi connectivity index (χ0v) is 12.6. The number of aryl methyl sites for hydroxylation is 1. The van der Waals surface area contributed by atoms with Gasteiger partial charge in [0.05, 0.1) is 19.4 Å². The normalized spacial score (nSPS) is 14.3. The van der Waals surface area contributed by atoms with Crippen LogP contribution in [0.15, 0.2) is 30.5 Å². The van der Waals surface area contributed by atoms with E-state index in [0.29, 0.717) is 11.8 Å². The van der Waals surface area contributed by atoms with Crippen LogP contribution in [0.4, 0.5) is 23.8 Å². The molecule has 23 heavy (non-hydrogen) atoms. The third kappa shape index (κ3) is 5.78. The van der Waals surface area contributed by atoms with Crippen LogP contribution in [0, 0.1) is 6.92 Å². The number of hydrogen-bond donors (Lipinski definition) is 3. The largest absolute Gasteiger partial charge is 0.502 e. The van der Waals surface area contributed by atoms with Crippen LogP contribution in [0.1, 0.15) is 12.6 Å². The summed E-state index contributed by atoms with van der Waals surface area (Å²) >= 11 is 0. The molecule has 0 saturated heterocycles. The number of rotatable bonds is 6. The Kier molecular flexibility index (Phi) is 6.38. The van der Waals surface area contributed by atoms with Crippen molar-refractivity contribution >= 4 is 11.8 Å². The second-order valence-electron chi connectivity index (χ2n) is 4.65. The molecule has 0 bridgehead atoms. The zero-order valence-electron chi connectivity index (χ0n) is 12.6. The van der Waals surface area contributed by atoms with Gasteiger partial charge in [-0.1, -0.05) is 6.07 Å². The van der Waals surface area contributed by atoms with Gasteiger partial charge in [-0.05, 0) is 32.1 Å². The highest BCUT2D eigenvalue weighted by molar-refractivity contribution is 5.88. The van der Waals surface area contributed by atoms with E-state index in [0.717, 1.165) is 6.26 Å². The topological polar surface area (TPSA) is 83.5 Å². The van der Waals surface area contributed by atoms with Crippen molar-refractivity contribution < 1.29 is 27.8 Å². The summed E-state index contributed by atoms with van der Waals surface area (Å²) in [6.45, 7) is 2.36. The molecule has 1 heterocycles. The van der Waals surface area contributed by atoms with Crippen molar-refractivity contribution in [3.8, 4) is 0 Å². The number of halogens is 3. The first-order valence-corrected chi connectivity index (χ1v) is 6.75. The predicted molar refractivity (Wildman–Crippen MR) is 77.8 cm³/mol. The minimum atomic E-state index is -4.98. The number of amides is 2. The van der Waals surface area contributed by atoms with Crippen molar-refractivity contribution in [3.63, 3.8) is 0 Å². The van der Waals surface area contributed by atoms with Crippen molar-refractivity contribution in [2.24, 2.45) is 0 Å². The van der Waals surface area contributed by atoms with E-state index in [4.69, 9.17) is 0 Å². The highest BCUT2D eigenvalue weighted by Gasteiger charge is 2.52. The number of urea groups is 1. The van der Waals surface area contributed by atoms with Gasteiger partial charge in [0, 0.05) is 5.69 Å². The van der Waals surface area contributed by atoms with Gasteiger partial charge in [0.25, 0.3) is 0 Å². The monoisotopic (exact) mass is 333 g/mol. The van der Waals surface area contributed by atoms with Gasteiger partial charge in [-0.25, -0.2) is 9.78 Å². The molecule has 0 aliphatic rings. The first-order chi connectivity index (χ1) is 10.7. The molecular formula is C14H18F3N3O3. The summed E-state index contributed by atoms with van der Waals surface area (Å²) in [4.78, 5) is 15.6. The van der Waals surface area contributed by atoms with E-state index in [9.17, 15) is 23.1 Å². The number of hydrogen-bond acceptors (Lipinski definition) is 4. The average molecular weight is 333 g/mol. The van der Waals surface area contributed by atoms with Gasteiger partial charge >= 0.3 is 12.2 Å². The molecule has 9 heteroatoms. The molecule has 0 aliphatic heterocycles. The molecule has 1 atom stereocenters. The Hall–Kier alpha value is -2.29. The zero-order chi connectivity index (χ0) is 17.5. The highest BCUT2D eigenvalue weighted by atomic mass is 19.4. The SMILES string of the molecule is CCO/C=C/[C@@](O)(CNC(=O)Nc1cccc(C)n1)C(F)(F)F. The Morgan fingerprint density at radius 1 is 1.43 bits per heavy atom. The summed E-state index contributed by atoms with van der Waals surface area (Å²) in [5.74, 6) is 0.183. The number of carbonyl (C=O) groups excluding carboxylic acids is 1. The quantitative estimate of drug-likeness (QED) is 0.698. The predicted octanol–water partition coefficient (Wildman–Crippen LogP) is 2.36. The minimum absolute atomic E-state index is 0.150. The molecule has 0 saturated carbocycles. The van der Waals surface area contributed by atoms with Crippen molar-refractivity contribution in [2.75, 3.05) is 18.5 Å². The molecule has 1 rings (SSSR count). The second-order valence-corrected chi connectivity index (χ2v) is 4.65. The molecule has 128 valence electrons. The van der Waals surface area contributed by atoms with Gasteiger partial charge in [-0.3, -0.25) is 5.32 Å². The maximum absolute atomic E-state index is 12.9. The third-order valence-corrected chi connectivity index (χ3v) is 2.75. The number of nitrogens with one attached hydrogen (secondary N) is 2. The van der Waals surface area contributed by atoms with Gasteiger partial charge in [0.2, 0.25) is 0 Å². The number of aliphatic hydroxyl groups is 1. The Bertz CT molecular complexity index is 564. The Morgan fingerprint density at radius 2 is 2.13 bits per heavy atom. The number of anilines is 1. The van der Waals surface area contributed by atoms with Gasteiger partial charge in [0.15, 0.2) is 5.60 Å². The van der Waals surface area contributed by atoms with Crippen LogP contribution in [0.5, 0.6) is 0 Å². The van der Waals surface area contributed by atoms with Crippen LogP contribution >= 0.6 is 0 Å². The summed E-state index contributed by atoms with van der Waals surface area (Å²) in [5.41, 5.74) is -2.60. The van der Waals surface area contributed by atoms with Crippen molar-refractivity contribution in [2.45, 2.75) is 25.6 Å². The van der Waals surface area contributed by atoms with Crippen LogP contribution in [-0.4, -0.2) is 41.1 Å². The van der Waals surface area contributed by atoms with E-state index in [-0.39, 0.29) is 12.4 Å². The van der Waals surface area contributed by atoms with Crippen molar-refractivity contribution in [1.82, 2.24) is 10.3 Å². The van der Waals surface area contributed by atoms with E-state index >= 15 is 0 Å². The van der Waals surface area contributed by atoms with E-state index < -0.39 is 24.4 Å². The highest BCUT2D eigenvalue weighted by Crippen LogP contribution is 2.31. The lowest BCUT2D eigenvalue weighted by atomic mass is 10.0. The Labute approximate surface area is 131 Å². The van der Waals surface area contributed by atoms with E-state index in [1.807, 2.05) is 5.32 Å². The number of nitrogens with zero attached hydrogens (tertiary/aromatic N) is 1. The Morgan fingerprint density at radius 3 is 2.70 bits per heavy atom. The molecule has 0 aliphatic carbocycles. The lowest BCUT2D eigenvalue weighted by Gasteiger charge is -2.27. The summed E-state index contributed by atoms with van der Waals surface area (Å²) in [7, 11) is 0. The number of carbonyl (C=O) groups is 1.